The van der Waals surface area contributed by atoms with Crippen molar-refractivity contribution in [3.05, 3.63) is 34.1 Å². The van der Waals surface area contributed by atoms with Gasteiger partial charge in [0.25, 0.3) is 0 Å². The van der Waals surface area contributed by atoms with Crippen molar-refractivity contribution in [1.82, 2.24) is 4.90 Å². The first-order valence-corrected chi connectivity index (χ1v) is 8.57. The number of hydrogen-bond acceptors (Lipinski definition) is 4. The smallest absolute Gasteiger partial charge is 0.411 e. The summed E-state index contributed by atoms with van der Waals surface area (Å²) in [5, 5.41) is 0. The van der Waals surface area contributed by atoms with Gasteiger partial charge in [-0.25, -0.2) is 14.0 Å². The number of likely N-dealkylation sites (tertiary alicyclic amines) is 1. The number of nitrogens with zero attached hydrogens (tertiary/aromatic N) is 1. The van der Waals surface area contributed by atoms with Gasteiger partial charge in [-0.1, -0.05) is 22.0 Å². The molecule has 5 nitrogen and oxygen atoms in total. The lowest BCUT2D eigenvalue weighted by Gasteiger charge is -2.27. The maximum Gasteiger partial charge on any atom is 0.411 e. The van der Waals surface area contributed by atoms with Crippen LogP contribution in [0.3, 0.4) is 0 Å². The molecule has 1 aromatic rings. The van der Waals surface area contributed by atoms with Crippen LogP contribution in [0, 0.1) is 5.82 Å². The number of hydrogen-bond donors (Lipinski definition) is 0. The number of carbonyl (C=O) groups excluding carboxylic acids is 2. The van der Waals surface area contributed by atoms with Crippen molar-refractivity contribution in [2.24, 2.45) is 0 Å². The molecule has 0 spiro atoms. The molecule has 0 bridgehead atoms. The van der Waals surface area contributed by atoms with Crippen molar-refractivity contribution in [2.45, 2.75) is 51.9 Å². The molecule has 1 aliphatic heterocycles. The molecule has 1 saturated heterocycles. The number of benzene rings is 1. The molecule has 1 fully saturated rings. The molecule has 1 heterocycles. The van der Waals surface area contributed by atoms with Gasteiger partial charge in [-0.2, -0.15) is 0 Å². The summed E-state index contributed by atoms with van der Waals surface area (Å²) in [6.07, 6.45) is 0.756. The van der Waals surface area contributed by atoms with Crippen LogP contribution in [0.5, 0.6) is 0 Å². The minimum absolute atomic E-state index is 0.0123. The molecule has 132 valence electrons. The Morgan fingerprint density at radius 2 is 2.08 bits per heavy atom. The molecule has 7 heteroatoms. The maximum absolute atomic E-state index is 13.1. The minimum atomic E-state index is -0.640. The van der Waals surface area contributed by atoms with Gasteiger partial charge in [0.1, 0.15) is 24.1 Å². The quantitative estimate of drug-likeness (QED) is 0.717. The summed E-state index contributed by atoms with van der Waals surface area (Å²) in [4.78, 5) is 25.9. The van der Waals surface area contributed by atoms with E-state index in [9.17, 15) is 14.0 Å². The predicted octanol–water partition coefficient (Wildman–Crippen LogP) is 4.03. The third kappa shape index (κ3) is 4.93. The topological polar surface area (TPSA) is 55.8 Å². The van der Waals surface area contributed by atoms with Gasteiger partial charge in [0, 0.05) is 16.6 Å². The van der Waals surface area contributed by atoms with E-state index in [0.29, 0.717) is 23.0 Å². The monoisotopic (exact) mass is 401 g/mol. The fraction of sp³-hybridized carbons (Fsp3) is 0.529. The summed E-state index contributed by atoms with van der Waals surface area (Å²) < 4.78 is 24.2. The van der Waals surface area contributed by atoms with Crippen LogP contribution < -0.4 is 0 Å². The standard InChI is InChI=1S/C17H21BrFNO4/c1-17(2,3)24-16(22)20-8-4-5-14(20)15(21)23-10-11-6-7-12(19)9-13(11)18/h6-7,9,14H,4-5,8,10H2,1-3H3. The highest BCUT2D eigenvalue weighted by atomic mass is 79.9. The van der Waals surface area contributed by atoms with Crippen LogP contribution in [0.15, 0.2) is 22.7 Å². The molecule has 0 aliphatic carbocycles. The SMILES string of the molecule is CC(C)(C)OC(=O)N1CCCC1C(=O)OCc1ccc(F)cc1Br. The summed E-state index contributed by atoms with van der Waals surface area (Å²) >= 11 is 3.23. The lowest BCUT2D eigenvalue weighted by atomic mass is 10.2. The van der Waals surface area contributed by atoms with Gasteiger partial charge < -0.3 is 9.47 Å². The maximum atomic E-state index is 13.1. The molecular formula is C17H21BrFNO4. The van der Waals surface area contributed by atoms with Crippen molar-refractivity contribution in [3.63, 3.8) is 0 Å². The van der Waals surface area contributed by atoms with Crippen molar-refractivity contribution in [1.29, 1.82) is 0 Å². The van der Waals surface area contributed by atoms with Crippen LogP contribution in [-0.2, 0) is 20.9 Å². The fourth-order valence-corrected chi connectivity index (χ4v) is 2.90. The van der Waals surface area contributed by atoms with Crippen LogP contribution in [-0.4, -0.2) is 35.2 Å². The number of amides is 1. The van der Waals surface area contributed by atoms with Gasteiger partial charge in [0.15, 0.2) is 0 Å². The Labute approximate surface area is 149 Å². The average Bonchev–Trinajstić information content (AvgIpc) is 2.93. The summed E-state index contributed by atoms with van der Waals surface area (Å²) in [6.45, 7) is 5.81. The second-order valence-electron chi connectivity index (χ2n) is 6.68. The van der Waals surface area contributed by atoms with Crippen LogP contribution in [0.4, 0.5) is 9.18 Å². The molecule has 0 N–H and O–H groups in total. The Bertz CT molecular complexity index is 630. The molecule has 1 aromatic carbocycles. The molecule has 0 radical (unpaired) electrons. The molecule has 0 saturated carbocycles. The molecule has 0 aromatic heterocycles. The van der Waals surface area contributed by atoms with Crippen molar-refractivity contribution >= 4 is 28.0 Å². The predicted molar refractivity (Wildman–Crippen MR) is 89.9 cm³/mol. The first-order chi connectivity index (χ1) is 11.2. The van der Waals surface area contributed by atoms with Crippen molar-refractivity contribution in [2.75, 3.05) is 6.54 Å². The summed E-state index contributed by atoms with van der Waals surface area (Å²) in [5.74, 6) is -0.849. The Morgan fingerprint density at radius 3 is 2.71 bits per heavy atom. The molecule has 1 atom stereocenters. The average molecular weight is 402 g/mol. The highest BCUT2D eigenvalue weighted by Crippen LogP contribution is 2.23. The van der Waals surface area contributed by atoms with E-state index in [2.05, 4.69) is 15.9 Å². The van der Waals surface area contributed by atoms with E-state index < -0.39 is 23.7 Å². The van der Waals surface area contributed by atoms with E-state index in [0.717, 1.165) is 6.42 Å². The van der Waals surface area contributed by atoms with E-state index in [4.69, 9.17) is 9.47 Å². The lowest BCUT2D eigenvalue weighted by molar-refractivity contribution is -0.150. The second kappa shape index (κ2) is 7.51. The Hall–Kier alpha value is -1.63. The van der Waals surface area contributed by atoms with Crippen LogP contribution >= 0.6 is 15.9 Å². The van der Waals surface area contributed by atoms with Crippen molar-refractivity contribution < 1.29 is 23.5 Å². The second-order valence-corrected chi connectivity index (χ2v) is 7.53. The third-order valence-corrected chi connectivity index (χ3v) is 4.28. The number of carbonyl (C=O) groups is 2. The van der Waals surface area contributed by atoms with E-state index in [1.54, 1.807) is 26.8 Å². The lowest BCUT2D eigenvalue weighted by Crippen LogP contribution is -2.44. The zero-order valence-electron chi connectivity index (χ0n) is 14.0. The van der Waals surface area contributed by atoms with Crippen molar-refractivity contribution in [3.8, 4) is 0 Å². The first-order valence-electron chi connectivity index (χ1n) is 7.77. The first kappa shape index (κ1) is 18.7. The molecule has 1 amide bonds. The third-order valence-electron chi connectivity index (χ3n) is 3.54. The Balaban J connectivity index is 1.96. The summed E-state index contributed by atoms with van der Waals surface area (Å²) in [5.41, 5.74) is 0.0409. The molecule has 2 rings (SSSR count). The van der Waals surface area contributed by atoms with Crippen LogP contribution in [0.2, 0.25) is 0 Å². The molecular weight excluding hydrogens is 381 g/mol. The van der Waals surface area contributed by atoms with Gasteiger partial charge >= 0.3 is 12.1 Å². The zero-order chi connectivity index (χ0) is 17.9. The molecule has 1 unspecified atom stereocenters. The van der Waals surface area contributed by atoms with Crippen LogP contribution in [0.25, 0.3) is 0 Å². The van der Waals surface area contributed by atoms with E-state index in [-0.39, 0.29) is 12.4 Å². The van der Waals surface area contributed by atoms with Gasteiger partial charge in [-0.05, 0) is 45.7 Å². The minimum Gasteiger partial charge on any atom is -0.459 e. The van der Waals surface area contributed by atoms with Gasteiger partial charge in [-0.15, -0.1) is 0 Å². The normalized spacial score (nSPS) is 17.7. The number of halogens is 2. The number of rotatable bonds is 3. The van der Waals surface area contributed by atoms with E-state index >= 15 is 0 Å². The number of esters is 1. The van der Waals surface area contributed by atoms with Crippen LogP contribution in [0.1, 0.15) is 39.2 Å². The summed E-state index contributed by atoms with van der Waals surface area (Å²) in [6, 6.07) is 3.52. The van der Waals surface area contributed by atoms with E-state index in [1.807, 2.05) is 0 Å². The Morgan fingerprint density at radius 1 is 1.38 bits per heavy atom. The highest BCUT2D eigenvalue weighted by molar-refractivity contribution is 9.10. The number of ether oxygens (including phenoxy) is 2. The molecule has 1 aliphatic rings. The zero-order valence-corrected chi connectivity index (χ0v) is 15.6. The highest BCUT2D eigenvalue weighted by Gasteiger charge is 2.37. The van der Waals surface area contributed by atoms with E-state index in [1.165, 1.54) is 17.0 Å². The fourth-order valence-electron chi connectivity index (χ4n) is 2.43. The summed E-state index contributed by atoms with van der Waals surface area (Å²) in [7, 11) is 0. The van der Waals surface area contributed by atoms with Gasteiger partial charge in [-0.3, -0.25) is 4.90 Å². The van der Waals surface area contributed by atoms with Gasteiger partial charge in [0.2, 0.25) is 0 Å². The largest absolute Gasteiger partial charge is 0.459 e. The van der Waals surface area contributed by atoms with Gasteiger partial charge in [0.05, 0.1) is 0 Å². The Kier molecular flexibility index (Phi) is 5.85. The molecule has 24 heavy (non-hydrogen) atoms.